The van der Waals surface area contributed by atoms with Crippen molar-refractivity contribution in [2.45, 2.75) is 6.04 Å². The number of hydrogen-bond donors (Lipinski definition) is 2. The zero-order valence-corrected chi connectivity index (χ0v) is 10.1. The molecule has 5 heteroatoms. The first kappa shape index (κ1) is 11.5. The second-order valence-electron chi connectivity index (χ2n) is 4.30. The predicted molar refractivity (Wildman–Crippen MR) is 69.2 cm³/mol. The lowest BCUT2D eigenvalue weighted by Crippen LogP contribution is -2.32. The van der Waals surface area contributed by atoms with Gasteiger partial charge in [0.05, 0.1) is 6.04 Å². The molecule has 5 nitrogen and oxygen atoms in total. The molecule has 19 heavy (non-hydrogen) atoms. The summed E-state index contributed by atoms with van der Waals surface area (Å²) >= 11 is 0. The van der Waals surface area contributed by atoms with Crippen molar-refractivity contribution in [3.63, 3.8) is 0 Å². The molecule has 1 amide bonds. The summed E-state index contributed by atoms with van der Waals surface area (Å²) < 4.78 is 5.48. The summed E-state index contributed by atoms with van der Waals surface area (Å²) in [4.78, 5) is 26.3. The van der Waals surface area contributed by atoms with Crippen LogP contribution in [0.5, 0.6) is 5.75 Å². The molecule has 1 aliphatic heterocycles. The molecule has 0 spiro atoms. The van der Waals surface area contributed by atoms with Gasteiger partial charge in [-0.2, -0.15) is 0 Å². The number of amides is 1. The fraction of sp³-hybridized carbons (Fsp3) is 0.143. The number of aromatic amines is 1. The van der Waals surface area contributed by atoms with Crippen molar-refractivity contribution in [3.8, 4) is 5.75 Å². The molecule has 0 saturated carbocycles. The summed E-state index contributed by atoms with van der Waals surface area (Å²) in [6.07, 6.45) is 2.90. The Morgan fingerprint density at radius 2 is 2.16 bits per heavy atom. The van der Waals surface area contributed by atoms with Crippen LogP contribution < -0.4 is 15.5 Å². The van der Waals surface area contributed by atoms with E-state index in [0.717, 1.165) is 11.3 Å². The SMILES string of the molecule is O=C(NC1COc2ccccc21)c1c[nH]ccc1=O. The van der Waals surface area contributed by atoms with Crippen LogP contribution in [0.1, 0.15) is 22.0 Å². The van der Waals surface area contributed by atoms with Crippen LogP contribution in [0.3, 0.4) is 0 Å². The van der Waals surface area contributed by atoms with Gasteiger partial charge in [0.25, 0.3) is 5.91 Å². The fourth-order valence-electron chi connectivity index (χ4n) is 2.11. The molecule has 0 aliphatic carbocycles. The molecule has 3 rings (SSSR count). The van der Waals surface area contributed by atoms with E-state index in [0.29, 0.717) is 6.61 Å². The molecule has 1 aromatic carbocycles. The summed E-state index contributed by atoms with van der Waals surface area (Å²) in [7, 11) is 0. The van der Waals surface area contributed by atoms with Gasteiger partial charge in [0, 0.05) is 24.0 Å². The lowest BCUT2D eigenvalue weighted by Gasteiger charge is -2.11. The molecular formula is C14H12N2O3. The number of fused-ring (bicyclic) bond motifs is 1. The molecule has 0 fully saturated rings. The van der Waals surface area contributed by atoms with Crippen molar-refractivity contribution in [3.05, 3.63) is 64.1 Å². The van der Waals surface area contributed by atoms with E-state index >= 15 is 0 Å². The Bertz CT molecular complexity index is 678. The summed E-state index contributed by atoms with van der Waals surface area (Å²) in [6.45, 7) is 0.385. The second kappa shape index (κ2) is 4.61. The number of rotatable bonds is 2. The van der Waals surface area contributed by atoms with Gasteiger partial charge < -0.3 is 15.0 Å². The Morgan fingerprint density at radius 3 is 3.00 bits per heavy atom. The molecule has 2 N–H and O–H groups in total. The number of ether oxygens (including phenoxy) is 1. The fourth-order valence-corrected chi connectivity index (χ4v) is 2.11. The number of hydrogen-bond acceptors (Lipinski definition) is 3. The maximum absolute atomic E-state index is 12.0. The summed E-state index contributed by atoms with van der Waals surface area (Å²) in [5.41, 5.74) is 0.735. The number of H-pyrrole nitrogens is 1. The van der Waals surface area contributed by atoms with E-state index in [-0.39, 0.29) is 17.0 Å². The van der Waals surface area contributed by atoms with Gasteiger partial charge >= 0.3 is 0 Å². The first-order valence-electron chi connectivity index (χ1n) is 5.95. The third kappa shape index (κ3) is 2.10. The highest BCUT2D eigenvalue weighted by Crippen LogP contribution is 2.31. The Balaban J connectivity index is 1.82. The molecule has 1 aliphatic rings. The highest BCUT2D eigenvalue weighted by molar-refractivity contribution is 5.94. The van der Waals surface area contributed by atoms with Crippen molar-refractivity contribution in [1.29, 1.82) is 0 Å². The number of benzene rings is 1. The number of nitrogens with one attached hydrogen (secondary N) is 2. The van der Waals surface area contributed by atoms with Gasteiger partial charge in [-0.3, -0.25) is 9.59 Å². The molecule has 0 bridgehead atoms. The van der Waals surface area contributed by atoms with Crippen LogP contribution in [-0.4, -0.2) is 17.5 Å². The van der Waals surface area contributed by atoms with Crippen molar-refractivity contribution in [2.75, 3.05) is 6.61 Å². The summed E-state index contributed by atoms with van der Waals surface area (Å²) in [5, 5.41) is 2.81. The minimum atomic E-state index is -0.396. The van der Waals surface area contributed by atoms with Crippen molar-refractivity contribution < 1.29 is 9.53 Å². The molecule has 2 heterocycles. The van der Waals surface area contributed by atoms with Crippen LogP contribution in [0, 0.1) is 0 Å². The van der Waals surface area contributed by atoms with Gasteiger partial charge in [0.2, 0.25) is 0 Å². The molecule has 1 aromatic heterocycles. The van der Waals surface area contributed by atoms with Crippen molar-refractivity contribution >= 4 is 5.91 Å². The number of carbonyl (C=O) groups is 1. The average Bonchev–Trinajstić information content (AvgIpc) is 2.83. The number of para-hydroxylation sites is 1. The number of aromatic nitrogens is 1. The minimum absolute atomic E-state index is 0.104. The zero-order valence-electron chi connectivity index (χ0n) is 10.1. The highest BCUT2D eigenvalue weighted by atomic mass is 16.5. The maximum Gasteiger partial charge on any atom is 0.257 e. The van der Waals surface area contributed by atoms with Gasteiger partial charge in [-0.15, -0.1) is 0 Å². The first-order valence-corrected chi connectivity index (χ1v) is 5.95. The normalized spacial score (nSPS) is 16.5. The molecule has 1 atom stereocenters. The smallest absolute Gasteiger partial charge is 0.257 e. The van der Waals surface area contributed by atoms with Crippen LogP contribution in [0.15, 0.2) is 47.5 Å². The summed E-state index contributed by atoms with van der Waals surface area (Å²) in [6, 6.07) is 8.64. The molecule has 96 valence electrons. The Kier molecular flexibility index (Phi) is 2.79. The number of carbonyl (C=O) groups excluding carboxylic acids is 1. The molecular weight excluding hydrogens is 244 g/mol. The standard InChI is InChI=1S/C14H12N2O3/c17-12-5-6-15-7-10(12)14(18)16-11-8-19-13-4-2-1-3-9(11)13/h1-7,11H,8H2,(H,15,17)(H,16,18). The van der Waals surface area contributed by atoms with Crippen LogP contribution in [-0.2, 0) is 0 Å². The van der Waals surface area contributed by atoms with E-state index in [4.69, 9.17) is 4.74 Å². The third-order valence-electron chi connectivity index (χ3n) is 3.07. The first-order chi connectivity index (χ1) is 9.25. The Hall–Kier alpha value is -2.56. The lowest BCUT2D eigenvalue weighted by atomic mass is 10.1. The predicted octanol–water partition coefficient (Wildman–Crippen LogP) is 1.24. The molecule has 0 saturated heterocycles. The lowest BCUT2D eigenvalue weighted by molar-refractivity contribution is 0.0929. The second-order valence-corrected chi connectivity index (χ2v) is 4.30. The van der Waals surface area contributed by atoms with E-state index < -0.39 is 5.91 Å². The van der Waals surface area contributed by atoms with Gasteiger partial charge in [0.15, 0.2) is 5.43 Å². The quantitative estimate of drug-likeness (QED) is 0.849. The monoisotopic (exact) mass is 256 g/mol. The van der Waals surface area contributed by atoms with Crippen LogP contribution >= 0.6 is 0 Å². The molecule has 0 radical (unpaired) electrons. The topological polar surface area (TPSA) is 71.2 Å². The van der Waals surface area contributed by atoms with Crippen molar-refractivity contribution in [1.82, 2.24) is 10.3 Å². The average molecular weight is 256 g/mol. The van der Waals surface area contributed by atoms with E-state index in [1.807, 2.05) is 24.3 Å². The Morgan fingerprint density at radius 1 is 1.32 bits per heavy atom. The van der Waals surface area contributed by atoms with Gasteiger partial charge in [-0.25, -0.2) is 0 Å². The number of pyridine rings is 1. The van der Waals surface area contributed by atoms with E-state index in [1.165, 1.54) is 18.5 Å². The largest absolute Gasteiger partial charge is 0.491 e. The van der Waals surface area contributed by atoms with Crippen LogP contribution in [0.4, 0.5) is 0 Å². The summed E-state index contributed by atoms with van der Waals surface area (Å²) in [5.74, 6) is 0.377. The third-order valence-corrected chi connectivity index (χ3v) is 3.07. The maximum atomic E-state index is 12.0. The van der Waals surface area contributed by atoms with Crippen LogP contribution in [0.25, 0.3) is 0 Å². The van der Waals surface area contributed by atoms with E-state index in [2.05, 4.69) is 10.3 Å². The Labute approximate surface area is 109 Å². The van der Waals surface area contributed by atoms with E-state index in [9.17, 15) is 9.59 Å². The van der Waals surface area contributed by atoms with Gasteiger partial charge in [0.1, 0.15) is 17.9 Å². The van der Waals surface area contributed by atoms with Crippen LogP contribution in [0.2, 0.25) is 0 Å². The zero-order chi connectivity index (χ0) is 13.2. The molecule has 1 unspecified atom stereocenters. The van der Waals surface area contributed by atoms with Gasteiger partial charge in [-0.05, 0) is 6.07 Å². The van der Waals surface area contributed by atoms with Crippen molar-refractivity contribution in [2.24, 2.45) is 0 Å². The minimum Gasteiger partial charge on any atom is -0.491 e. The highest BCUT2D eigenvalue weighted by Gasteiger charge is 2.25. The van der Waals surface area contributed by atoms with Gasteiger partial charge in [-0.1, -0.05) is 18.2 Å². The van der Waals surface area contributed by atoms with E-state index in [1.54, 1.807) is 0 Å². The molecule has 2 aromatic rings.